The summed E-state index contributed by atoms with van der Waals surface area (Å²) in [5.74, 6) is 2.41. The van der Waals surface area contributed by atoms with Gasteiger partial charge in [-0.15, -0.1) is 11.8 Å². The van der Waals surface area contributed by atoms with E-state index in [-0.39, 0.29) is 23.8 Å². The Morgan fingerprint density at radius 1 is 1.17 bits per heavy atom. The maximum atomic E-state index is 13.7. The minimum Gasteiger partial charge on any atom is -0.469 e. The largest absolute Gasteiger partial charge is 0.469 e. The minimum absolute atomic E-state index is 0.0102. The van der Waals surface area contributed by atoms with E-state index in [9.17, 15) is 14.7 Å². The molecule has 1 saturated heterocycles. The number of nitrogens with one attached hydrogen (secondary N) is 1. The van der Waals surface area contributed by atoms with Crippen LogP contribution in [0.25, 0.3) is 0 Å². The summed E-state index contributed by atoms with van der Waals surface area (Å²) < 4.78 is 4.86. The number of hydrogen-bond donors (Lipinski definition) is 2. The predicted octanol–water partition coefficient (Wildman–Crippen LogP) is 4.18. The number of anilines is 1. The molecule has 6 aliphatic rings. The molecule has 5 aliphatic carbocycles. The van der Waals surface area contributed by atoms with Crippen molar-refractivity contribution in [1.82, 2.24) is 10.3 Å². The van der Waals surface area contributed by atoms with Gasteiger partial charge in [-0.3, -0.25) is 9.59 Å². The Balaban J connectivity index is 1.19. The molecule has 0 spiro atoms. The average Bonchev–Trinajstić information content (AvgIpc) is 3.52. The number of aliphatic hydroxyl groups is 1. The summed E-state index contributed by atoms with van der Waals surface area (Å²) in [5.41, 5.74) is 0.194. The van der Waals surface area contributed by atoms with E-state index in [0.717, 1.165) is 62.5 Å². The van der Waals surface area contributed by atoms with Gasteiger partial charge in [0.15, 0.2) is 0 Å². The van der Waals surface area contributed by atoms with E-state index in [4.69, 9.17) is 9.72 Å². The van der Waals surface area contributed by atoms with E-state index in [1.807, 2.05) is 12.1 Å². The van der Waals surface area contributed by atoms with Crippen LogP contribution in [0.15, 0.2) is 17.2 Å². The smallest absolute Gasteiger partial charge is 0.305 e. The summed E-state index contributed by atoms with van der Waals surface area (Å²) in [4.78, 5) is 32.7. The highest BCUT2D eigenvalue weighted by Gasteiger charge is 2.55. The molecule has 1 aromatic rings. The van der Waals surface area contributed by atoms with Crippen molar-refractivity contribution in [2.75, 3.05) is 25.1 Å². The second-order valence-electron chi connectivity index (χ2n) is 12.1. The van der Waals surface area contributed by atoms with Gasteiger partial charge in [0.05, 0.1) is 24.7 Å². The topological polar surface area (TPSA) is 91.8 Å². The summed E-state index contributed by atoms with van der Waals surface area (Å²) in [6, 6.07) is 4.11. The normalized spacial score (nSPS) is 35.4. The lowest BCUT2D eigenvalue weighted by Gasteiger charge is -2.58. The van der Waals surface area contributed by atoms with E-state index in [0.29, 0.717) is 35.0 Å². The van der Waals surface area contributed by atoms with Crippen molar-refractivity contribution < 1.29 is 19.4 Å². The molecule has 0 aromatic carbocycles. The number of carbonyl (C=O) groups is 2. The summed E-state index contributed by atoms with van der Waals surface area (Å²) in [7, 11) is 1.44. The Kier molecular flexibility index (Phi) is 6.69. The van der Waals surface area contributed by atoms with Crippen LogP contribution < -0.4 is 10.2 Å². The molecule has 8 heteroatoms. The van der Waals surface area contributed by atoms with Gasteiger partial charge in [-0.1, -0.05) is 12.8 Å². The Morgan fingerprint density at radius 2 is 1.92 bits per heavy atom. The van der Waals surface area contributed by atoms with Crippen molar-refractivity contribution in [2.24, 2.45) is 23.7 Å². The molecule has 196 valence electrons. The van der Waals surface area contributed by atoms with Gasteiger partial charge in [-0.25, -0.2) is 4.98 Å². The third-order valence-electron chi connectivity index (χ3n) is 9.50. The van der Waals surface area contributed by atoms with Gasteiger partial charge in [-0.2, -0.15) is 0 Å². The standard InChI is InChI=1S/C28H39N3O4S/c1-35-24(32)12-17-8-9-31(16-17)23-7-6-22(27(29-23)36-21-4-2-3-5-21)26(33)30-25-19-10-18-11-20(25)15-28(34,13-18)14-19/h6-7,17-21,25,34H,2-5,8-16H2,1H3,(H,30,33)/t17-,18?,19?,20?,25-,28-/m0/s1. The first-order chi connectivity index (χ1) is 17.4. The molecular formula is C28H39N3O4S. The van der Waals surface area contributed by atoms with Gasteiger partial charge in [0.2, 0.25) is 0 Å². The predicted molar refractivity (Wildman–Crippen MR) is 139 cm³/mol. The van der Waals surface area contributed by atoms with Crippen molar-refractivity contribution in [3.05, 3.63) is 17.7 Å². The average molecular weight is 514 g/mol. The fourth-order valence-electron chi connectivity index (χ4n) is 8.01. The zero-order valence-corrected chi connectivity index (χ0v) is 22.1. The first-order valence-corrected chi connectivity index (χ1v) is 14.8. The fourth-order valence-corrected chi connectivity index (χ4v) is 9.32. The second-order valence-corrected chi connectivity index (χ2v) is 13.4. The molecule has 2 heterocycles. The Labute approximate surface area is 218 Å². The number of hydrogen-bond acceptors (Lipinski definition) is 7. The van der Waals surface area contributed by atoms with Gasteiger partial charge in [-0.05, 0) is 87.2 Å². The van der Waals surface area contributed by atoms with Crippen LogP contribution in [0.3, 0.4) is 0 Å². The highest BCUT2D eigenvalue weighted by Crippen LogP contribution is 2.55. The van der Waals surface area contributed by atoms with E-state index in [1.165, 1.54) is 32.8 Å². The number of carbonyl (C=O) groups excluding carboxylic acids is 2. The maximum Gasteiger partial charge on any atom is 0.305 e. The van der Waals surface area contributed by atoms with E-state index in [1.54, 1.807) is 11.8 Å². The number of aromatic nitrogens is 1. The molecule has 7 rings (SSSR count). The summed E-state index contributed by atoms with van der Waals surface area (Å²) in [6.07, 6.45) is 11.1. The van der Waals surface area contributed by atoms with Crippen LogP contribution >= 0.6 is 11.8 Å². The van der Waals surface area contributed by atoms with Crippen LogP contribution in [0.1, 0.15) is 81.0 Å². The van der Waals surface area contributed by atoms with E-state index in [2.05, 4.69) is 10.2 Å². The minimum atomic E-state index is -0.494. The number of nitrogens with zero attached hydrogens (tertiary/aromatic N) is 2. The Bertz CT molecular complexity index is 997. The third-order valence-corrected chi connectivity index (χ3v) is 10.8. The molecular weight excluding hydrogens is 474 g/mol. The Morgan fingerprint density at radius 3 is 2.61 bits per heavy atom. The van der Waals surface area contributed by atoms with Gasteiger partial charge in [0.25, 0.3) is 5.91 Å². The SMILES string of the molecule is COC(=O)C[C@@H]1CCN(c2ccc(C(=O)N[C@H]3C4CC5CC3C[C@](O)(C5)C4)c(SC3CCCC3)n2)C1. The number of methoxy groups -OCH3 is 1. The third kappa shape index (κ3) is 4.87. The zero-order valence-electron chi connectivity index (χ0n) is 21.3. The quantitative estimate of drug-likeness (QED) is 0.529. The monoisotopic (exact) mass is 513 g/mol. The summed E-state index contributed by atoms with van der Waals surface area (Å²) in [5, 5.41) is 15.7. The molecule has 1 aliphatic heterocycles. The first-order valence-electron chi connectivity index (χ1n) is 13.9. The lowest BCUT2D eigenvalue weighted by molar-refractivity contribution is -0.141. The number of pyridine rings is 1. The maximum absolute atomic E-state index is 13.7. The number of ether oxygens (including phenoxy) is 1. The first kappa shape index (κ1) is 24.5. The molecule has 1 amide bonds. The highest BCUT2D eigenvalue weighted by molar-refractivity contribution is 7.99. The zero-order chi connectivity index (χ0) is 24.9. The number of thioether (sulfide) groups is 1. The van der Waals surface area contributed by atoms with Crippen LogP contribution in [-0.4, -0.2) is 59.1 Å². The van der Waals surface area contributed by atoms with Crippen molar-refractivity contribution in [3.63, 3.8) is 0 Å². The van der Waals surface area contributed by atoms with Crippen LogP contribution in [-0.2, 0) is 9.53 Å². The summed E-state index contributed by atoms with van der Waals surface area (Å²) >= 11 is 1.77. The Hall–Kier alpha value is -1.80. The molecule has 36 heavy (non-hydrogen) atoms. The molecule has 0 radical (unpaired) electrons. The fraction of sp³-hybridized carbons (Fsp3) is 0.750. The molecule has 3 atom stereocenters. The summed E-state index contributed by atoms with van der Waals surface area (Å²) in [6.45, 7) is 1.65. The van der Waals surface area contributed by atoms with Crippen LogP contribution in [0.4, 0.5) is 5.82 Å². The van der Waals surface area contributed by atoms with Crippen molar-refractivity contribution in [3.8, 4) is 0 Å². The van der Waals surface area contributed by atoms with E-state index < -0.39 is 5.60 Å². The molecule has 7 nitrogen and oxygen atoms in total. The van der Waals surface area contributed by atoms with Gasteiger partial charge in [0.1, 0.15) is 10.8 Å². The van der Waals surface area contributed by atoms with Gasteiger partial charge < -0.3 is 20.1 Å². The molecule has 5 saturated carbocycles. The molecule has 4 bridgehead atoms. The number of rotatable bonds is 7. The van der Waals surface area contributed by atoms with E-state index >= 15 is 0 Å². The molecule has 1 aromatic heterocycles. The van der Waals surface area contributed by atoms with Gasteiger partial charge in [0, 0.05) is 24.4 Å². The molecule has 6 fully saturated rings. The van der Waals surface area contributed by atoms with Crippen LogP contribution in [0.5, 0.6) is 0 Å². The van der Waals surface area contributed by atoms with Crippen LogP contribution in [0, 0.1) is 23.7 Å². The highest BCUT2D eigenvalue weighted by atomic mass is 32.2. The van der Waals surface area contributed by atoms with Crippen LogP contribution in [0.2, 0.25) is 0 Å². The van der Waals surface area contributed by atoms with Crippen molar-refractivity contribution >= 4 is 29.5 Å². The lowest BCUT2D eigenvalue weighted by atomic mass is 9.52. The second kappa shape index (κ2) is 9.82. The number of esters is 1. The lowest BCUT2D eigenvalue weighted by Crippen LogP contribution is -2.61. The molecule has 2 N–H and O–H groups in total. The number of amides is 1. The van der Waals surface area contributed by atoms with Crippen molar-refractivity contribution in [2.45, 2.75) is 92.5 Å². The molecule has 2 unspecified atom stereocenters. The van der Waals surface area contributed by atoms with Crippen molar-refractivity contribution in [1.29, 1.82) is 0 Å². The van der Waals surface area contributed by atoms with Gasteiger partial charge >= 0.3 is 5.97 Å².